The minimum Gasteiger partial charge on any atom is -0.275 e. The Kier molecular flexibility index (Phi) is 2.75. The summed E-state index contributed by atoms with van der Waals surface area (Å²) in [6, 6.07) is 0. The molecular weight excluding hydrogens is 186 g/mol. The molecule has 0 amide bonds. The second-order valence-electron chi connectivity index (χ2n) is 3.59. The third kappa shape index (κ3) is 2.55. The maximum atomic E-state index is 11.8. The monoisotopic (exact) mass is 201 g/mol. The topological polar surface area (TPSA) is 58.7 Å². The van der Waals surface area contributed by atoms with Crippen molar-refractivity contribution in [2.24, 2.45) is 13.0 Å². The van der Waals surface area contributed by atoms with Gasteiger partial charge in [0.25, 0.3) is 0 Å². The molecule has 1 heterocycles. The Morgan fingerprint density at radius 2 is 2.31 bits per heavy atom. The van der Waals surface area contributed by atoms with Crippen molar-refractivity contribution >= 4 is 9.73 Å². The van der Waals surface area contributed by atoms with Gasteiger partial charge in [-0.25, -0.2) is 8.99 Å². The van der Waals surface area contributed by atoms with E-state index in [9.17, 15) is 4.21 Å². The van der Waals surface area contributed by atoms with Crippen molar-refractivity contribution in [2.75, 3.05) is 5.75 Å². The Balaban J connectivity index is 2.95. The maximum absolute atomic E-state index is 11.8. The molecule has 1 rings (SSSR count). The zero-order chi connectivity index (χ0) is 10.1. The summed E-state index contributed by atoms with van der Waals surface area (Å²) >= 11 is 0. The van der Waals surface area contributed by atoms with Crippen LogP contribution in [-0.2, 0) is 16.8 Å². The lowest BCUT2D eigenvalue weighted by Crippen LogP contribution is -2.09. The second-order valence-corrected chi connectivity index (χ2v) is 5.74. The molecular formula is C8H15N3OS. The quantitative estimate of drug-likeness (QED) is 0.805. The van der Waals surface area contributed by atoms with Gasteiger partial charge in [-0.1, -0.05) is 13.8 Å². The molecule has 0 aliphatic rings. The average molecular weight is 201 g/mol. The van der Waals surface area contributed by atoms with Crippen LogP contribution in [0.3, 0.4) is 0 Å². The maximum Gasteiger partial charge on any atom is 0.0851 e. The van der Waals surface area contributed by atoms with Gasteiger partial charge in [0.1, 0.15) is 0 Å². The van der Waals surface area contributed by atoms with Crippen molar-refractivity contribution in [1.29, 1.82) is 4.78 Å². The van der Waals surface area contributed by atoms with Gasteiger partial charge in [-0.15, -0.1) is 0 Å². The van der Waals surface area contributed by atoms with Gasteiger partial charge < -0.3 is 0 Å². The highest BCUT2D eigenvalue weighted by atomic mass is 32.2. The molecule has 1 aromatic rings. The predicted molar refractivity (Wildman–Crippen MR) is 52.0 cm³/mol. The first kappa shape index (κ1) is 10.2. The molecule has 1 aromatic heterocycles. The number of rotatable bonds is 3. The van der Waals surface area contributed by atoms with Crippen molar-refractivity contribution in [3.63, 3.8) is 0 Å². The average Bonchev–Trinajstić information content (AvgIpc) is 2.32. The largest absolute Gasteiger partial charge is 0.275 e. The van der Waals surface area contributed by atoms with Gasteiger partial charge in [0.05, 0.1) is 20.8 Å². The van der Waals surface area contributed by atoms with Gasteiger partial charge in [-0.2, -0.15) is 5.10 Å². The van der Waals surface area contributed by atoms with E-state index in [2.05, 4.69) is 5.10 Å². The Bertz CT molecular complexity index is 378. The number of nitrogens with one attached hydrogen (secondary N) is 1. The second kappa shape index (κ2) is 3.49. The van der Waals surface area contributed by atoms with E-state index in [1.54, 1.807) is 17.9 Å². The van der Waals surface area contributed by atoms with Crippen LogP contribution in [0.2, 0.25) is 0 Å². The highest BCUT2D eigenvalue weighted by molar-refractivity contribution is 7.92. The van der Waals surface area contributed by atoms with Gasteiger partial charge in [-0.3, -0.25) is 4.68 Å². The van der Waals surface area contributed by atoms with Gasteiger partial charge >= 0.3 is 0 Å². The number of nitrogens with zero attached hydrogens (tertiary/aromatic N) is 2. The fraction of sp³-hybridized carbons (Fsp3) is 0.625. The Labute approximate surface area is 78.9 Å². The molecule has 0 fully saturated rings. The normalized spacial score (nSPS) is 16.0. The summed E-state index contributed by atoms with van der Waals surface area (Å²) in [7, 11) is -0.864. The fourth-order valence-electron chi connectivity index (χ4n) is 1.13. The first-order valence-electron chi connectivity index (χ1n) is 4.17. The van der Waals surface area contributed by atoms with Crippen LogP contribution in [0.5, 0.6) is 0 Å². The summed E-state index contributed by atoms with van der Waals surface area (Å²) in [4.78, 5) is 0.531. The molecule has 74 valence electrons. The van der Waals surface area contributed by atoms with E-state index in [4.69, 9.17) is 4.78 Å². The SMILES string of the molecule is CC(C)C[S@@](=N)(=O)c1cnn(C)c1. The van der Waals surface area contributed by atoms with E-state index in [1.165, 1.54) is 6.20 Å². The first-order chi connectivity index (χ1) is 5.92. The molecule has 0 radical (unpaired) electrons. The van der Waals surface area contributed by atoms with Crippen LogP contribution in [0, 0.1) is 10.7 Å². The van der Waals surface area contributed by atoms with E-state index in [0.29, 0.717) is 10.6 Å². The van der Waals surface area contributed by atoms with Crippen LogP contribution in [0.1, 0.15) is 13.8 Å². The van der Waals surface area contributed by atoms with Gasteiger partial charge in [0.2, 0.25) is 0 Å². The molecule has 5 heteroatoms. The number of hydrogen-bond acceptors (Lipinski definition) is 3. The van der Waals surface area contributed by atoms with Crippen LogP contribution in [0.25, 0.3) is 0 Å². The number of aryl methyl sites for hydroxylation is 1. The molecule has 1 N–H and O–H groups in total. The van der Waals surface area contributed by atoms with E-state index in [-0.39, 0.29) is 5.92 Å². The first-order valence-corrected chi connectivity index (χ1v) is 5.89. The van der Waals surface area contributed by atoms with Crippen molar-refractivity contribution in [3.05, 3.63) is 12.4 Å². The molecule has 0 spiro atoms. The van der Waals surface area contributed by atoms with Gasteiger partial charge in [-0.05, 0) is 5.92 Å². The number of hydrogen-bond donors (Lipinski definition) is 1. The molecule has 0 aliphatic carbocycles. The van der Waals surface area contributed by atoms with Crippen molar-refractivity contribution in [3.8, 4) is 0 Å². The van der Waals surface area contributed by atoms with Crippen molar-refractivity contribution < 1.29 is 4.21 Å². The molecule has 0 saturated carbocycles. The highest BCUT2D eigenvalue weighted by Gasteiger charge is 2.13. The van der Waals surface area contributed by atoms with Crippen molar-refractivity contribution in [1.82, 2.24) is 9.78 Å². The van der Waals surface area contributed by atoms with E-state index < -0.39 is 9.73 Å². The minimum absolute atomic E-state index is 0.269. The van der Waals surface area contributed by atoms with E-state index >= 15 is 0 Å². The summed E-state index contributed by atoms with van der Waals surface area (Å²) in [5.41, 5.74) is 0. The molecule has 0 bridgehead atoms. The van der Waals surface area contributed by atoms with E-state index in [1.807, 2.05) is 13.8 Å². The number of aromatic nitrogens is 2. The third-order valence-corrected chi connectivity index (χ3v) is 3.74. The van der Waals surface area contributed by atoms with Crippen LogP contribution < -0.4 is 0 Å². The predicted octanol–water partition coefficient (Wildman–Crippen LogP) is 1.48. The third-order valence-electron chi connectivity index (χ3n) is 1.63. The van der Waals surface area contributed by atoms with Crippen LogP contribution >= 0.6 is 0 Å². The zero-order valence-corrected chi connectivity index (χ0v) is 8.97. The summed E-state index contributed by atoms with van der Waals surface area (Å²) in [5, 5.41) is 3.91. The molecule has 0 unspecified atom stereocenters. The molecule has 13 heavy (non-hydrogen) atoms. The van der Waals surface area contributed by atoms with Crippen molar-refractivity contribution in [2.45, 2.75) is 18.7 Å². The zero-order valence-electron chi connectivity index (χ0n) is 8.15. The summed E-state index contributed by atoms with van der Waals surface area (Å²) in [6.07, 6.45) is 3.16. The van der Waals surface area contributed by atoms with Crippen LogP contribution in [0.15, 0.2) is 17.3 Å². The standard InChI is InChI=1S/C8H15N3OS/c1-7(2)6-13(9,12)8-4-10-11(3)5-8/h4-5,7,9H,6H2,1-3H3/t13-/m1/s1. The highest BCUT2D eigenvalue weighted by Crippen LogP contribution is 2.13. The lowest BCUT2D eigenvalue weighted by atomic mass is 10.3. The molecule has 4 nitrogen and oxygen atoms in total. The van der Waals surface area contributed by atoms with Gasteiger partial charge in [0.15, 0.2) is 0 Å². The van der Waals surface area contributed by atoms with Gasteiger partial charge in [0, 0.05) is 19.0 Å². The molecule has 0 saturated heterocycles. The smallest absolute Gasteiger partial charge is 0.0851 e. The Morgan fingerprint density at radius 3 is 2.69 bits per heavy atom. The summed E-state index contributed by atoms with van der Waals surface area (Å²) in [5.74, 6) is 0.670. The molecule has 0 aliphatic heterocycles. The lowest BCUT2D eigenvalue weighted by Gasteiger charge is -2.06. The molecule has 0 aromatic carbocycles. The Hall–Kier alpha value is -0.840. The molecule has 1 atom stereocenters. The summed E-state index contributed by atoms with van der Waals surface area (Å²) in [6.45, 7) is 3.93. The fourth-order valence-corrected chi connectivity index (χ4v) is 2.81. The summed E-state index contributed by atoms with van der Waals surface area (Å²) < 4.78 is 21.1. The van der Waals surface area contributed by atoms with E-state index in [0.717, 1.165) is 0 Å². The van der Waals surface area contributed by atoms with Crippen LogP contribution in [-0.4, -0.2) is 19.7 Å². The van der Waals surface area contributed by atoms with Crippen LogP contribution in [0.4, 0.5) is 0 Å². The minimum atomic E-state index is -2.62. The lowest BCUT2D eigenvalue weighted by molar-refractivity contribution is 0.655. The Morgan fingerprint density at radius 1 is 1.69 bits per heavy atom.